The zero-order valence-corrected chi connectivity index (χ0v) is 19.7. The average molecular weight is 455 g/mol. The van der Waals surface area contributed by atoms with E-state index in [1.165, 1.54) is 35.9 Å². The number of benzene rings is 2. The molecule has 1 heterocycles. The third-order valence-electron chi connectivity index (χ3n) is 5.15. The molecule has 5 nitrogen and oxygen atoms in total. The van der Waals surface area contributed by atoms with Gasteiger partial charge in [0.25, 0.3) is 0 Å². The molecule has 0 saturated carbocycles. The molecule has 3 rings (SSSR count). The van der Waals surface area contributed by atoms with Crippen LogP contribution in [0, 0.1) is 5.92 Å². The van der Waals surface area contributed by atoms with E-state index in [-0.39, 0.29) is 11.9 Å². The first-order valence-corrected chi connectivity index (χ1v) is 12.5. The second-order valence-corrected chi connectivity index (χ2v) is 9.77. The summed E-state index contributed by atoms with van der Waals surface area (Å²) in [6, 6.07) is 19.9. The van der Waals surface area contributed by atoms with E-state index in [2.05, 4.69) is 34.7 Å². The van der Waals surface area contributed by atoms with Gasteiger partial charge in [-0.3, -0.25) is 4.79 Å². The topological polar surface area (TPSA) is 66.9 Å². The highest BCUT2D eigenvalue weighted by molar-refractivity contribution is 8.01. The number of carbonyl (C=O) groups is 1. The molecule has 164 valence electrons. The Morgan fingerprint density at radius 3 is 2.29 bits per heavy atom. The zero-order chi connectivity index (χ0) is 21.9. The van der Waals surface area contributed by atoms with E-state index in [0.29, 0.717) is 5.75 Å². The molecule has 7 heteroatoms. The first-order valence-electron chi connectivity index (χ1n) is 10.7. The van der Waals surface area contributed by atoms with Crippen molar-refractivity contribution in [1.29, 1.82) is 0 Å². The molecule has 0 aliphatic rings. The molecule has 3 aromatic rings. The lowest BCUT2D eigenvalue weighted by molar-refractivity contribution is -0.119. The van der Waals surface area contributed by atoms with E-state index < -0.39 is 0 Å². The van der Waals surface area contributed by atoms with Crippen LogP contribution in [0.3, 0.4) is 0 Å². The minimum Gasteiger partial charge on any atom is -0.360 e. The van der Waals surface area contributed by atoms with E-state index in [0.717, 1.165) is 39.5 Å². The maximum absolute atomic E-state index is 12.7. The number of rotatable bonds is 12. The van der Waals surface area contributed by atoms with Crippen molar-refractivity contribution in [2.75, 3.05) is 17.6 Å². The maximum atomic E-state index is 12.7. The maximum Gasteiger partial charge on any atom is 0.231 e. The lowest BCUT2D eigenvalue weighted by atomic mass is 9.99. The largest absolute Gasteiger partial charge is 0.360 e. The van der Waals surface area contributed by atoms with Gasteiger partial charge in [-0.1, -0.05) is 104 Å². The van der Waals surface area contributed by atoms with Crippen LogP contribution in [0.4, 0.5) is 5.13 Å². The Morgan fingerprint density at radius 1 is 1.03 bits per heavy atom. The number of thioether (sulfide) groups is 1. The number of carbonyl (C=O) groups excluding carboxylic acids is 1. The molecule has 31 heavy (non-hydrogen) atoms. The Morgan fingerprint density at radius 2 is 1.68 bits per heavy atom. The van der Waals surface area contributed by atoms with E-state index in [9.17, 15) is 4.79 Å². The van der Waals surface area contributed by atoms with Gasteiger partial charge in [-0.05, 0) is 29.9 Å². The van der Waals surface area contributed by atoms with Gasteiger partial charge in [0, 0.05) is 6.54 Å². The molecule has 0 saturated heterocycles. The molecule has 0 fully saturated rings. The molecular weight excluding hydrogens is 424 g/mol. The average Bonchev–Trinajstić information content (AvgIpc) is 3.27. The lowest BCUT2D eigenvalue weighted by Gasteiger charge is -2.19. The summed E-state index contributed by atoms with van der Waals surface area (Å²) in [6.45, 7) is 5.41. The minimum absolute atomic E-state index is 0.0269. The Labute approximate surface area is 193 Å². The Kier molecular flexibility index (Phi) is 9.37. The molecule has 2 N–H and O–H groups in total. The highest BCUT2D eigenvalue weighted by Crippen LogP contribution is 2.26. The quantitative estimate of drug-likeness (QED) is 0.268. The van der Waals surface area contributed by atoms with Gasteiger partial charge < -0.3 is 10.6 Å². The van der Waals surface area contributed by atoms with Gasteiger partial charge >= 0.3 is 0 Å². The fraction of sp³-hybridized carbons (Fsp3) is 0.375. The Hall–Kier alpha value is -2.38. The van der Waals surface area contributed by atoms with Crippen LogP contribution in [-0.2, 0) is 4.79 Å². The van der Waals surface area contributed by atoms with Crippen molar-refractivity contribution in [1.82, 2.24) is 15.5 Å². The number of hydrogen-bond donors (Lipinski definition) is 2. The summed E-state index contributed by atoms with van der Waals surface area (Å²) in [6.07, 6.45) is 3.56. The van der Waals surface area contributed by atoms with Gasteiger partial charge in [-0.15, -0.1) is 10.2 Å². The highest BCUT2D eigenvalue weighted by atomic mass is 32.2. The molecule has 0 aliphatic heterocycles. The molecule has 1 unspecified atom stereocenters. The molecule has 2 aromatic carbocycles. The fourth-order valence-corrected chi connectivity index (χ4v) is 4.76. The smallest absolute Gasteiger partial charge is 0.231 e. The molecule has 0 radical (unpaired) electrons. The second-order valence-electron chi connectivity index (χ2n) is 7.57. The van der Waals surface area contributed by atoms with Crippen molar-refractivity contribution < 1.29 is 4.79 Å². The van der Waals surface area contributed by atoms with Gasteiger partial charge in [0.15, 0.2) is 4.34 Å². The van der Waals surface area contributed by atoms with Crippen molar-refractivity contribution in [2.45, 2.75) is 43.5 Å². The van der Waals surface area contributed by atoms with Crippen LogP contribution in [0.2, 0.25) is 0 Å². The van der Waals surface area contributed by atoms with Crippen LogP contribution in [0.15, 0.2) is 65.0 Å². The van der Waals surface area contributed by atoms with Crippen molar-refractivity contribution in [2.24, 2.45) is 5.92 Å². The van der Waals surface area contributed by atoms with E-state index in [1.807, 2.05) is 60.7 Å². The normalized spacial score (nSPS) is 12.0. The molecule has 1 amide bonds. The predicted molar refractivity (Wildman–Crippen MR) is 131 cm³/mol. The lowest BCUT2D eigenvalue weighted by Crippen LogP contribution is -2.30. The summed E-state index contributed by atoms with van der Waals surface area (Å²) in [5.41, 5.74) is 2.12. The van der Waals surface area contributed by atoms with Crippen LogP contribution in [0.5, 0.6) is 0 Å². The van der Waals surface area contributed by atoms with Crippen molar-refractivity contribution >= 4 is 34.1 Å². The molecule has 0 aliphatic carbocycles. The van der Waals surface area contributed by atoms with Gasteiger partial charge in [0.05, 0.1) is 11.8 Å². The summed E-state index contributed by atoms with van der Waals surface area (Å²) >= 11 is 2.92. The highest BCUT2D eigenvalue weighted by Gasteiger charge is 2.17. The predicted octanol–water partition coefficient (Wildman–Crippen LogP) is 5.77. The number of nitrogens with one attached hydrogen (secondary N) is 2. The van der Waals surface area contributed by atoms with Gasteiger partial charge in [0.2, 0.25) is 11.0 Å². The molecule has 0 spiro atoms. The summed E-state index contributed by atoms with van der Waals surface area (Å²) in [5.74, 6) is 1.04. The fourth-order valence-electron chi connectivity index (χ4n) is 3.17. The molecule has 1 aromatic heterocycles. The van der Waals surface area contributed by atoms with E-state index in [1.54, 1.807) is 0 Å². The van der Waals surface area contributed by atoms with Gasteiger partial charge in [-0.25, -0.2) is 0 Å². The van der Waals surface area contributed by atoms with E-state index in [4.69, 9.17) is 0 Å². The Bertz CT molecular complexity index is 878. The molecule has 0 bridgehead atoms. The van der Waals surface area contributed by atoms with Crippen molar-refractivity contribution in [3.8, 4) is 0 Å². The summed E-state index contributed by atoms with van der Waals surface area (Å²) < 4.78 is 0.801. The van der Waals surface area contributed by atoms with Crippen LogP contribution < -0.4 is 10.6 Å². The first-order chi connectivity index (χ1) is 15.2. The van der Waals surface area contributed by atoms with Crippen LogP contribution >= 0.6 is 23.1 Å². The number of anilines is 1. The number of nitrogens with zero attached hydrogens (tertiary/aromatic N) is 2. The monoisotopic (exact) mass is 454 g/mol. The minimum atomic E-state index is -0.173. The van der Waals surface area contributed by atoms with Crippen LogP contribution in [0.25, 0.3) is 0 Å². The summed E-state index contributed by atoms with van der Waals surface area (Å²) in [7, 11) is 0. The van der Waals surface area contributed by atoms with Crippen LogP contribution in [-0.4, -0.2) is 28.4 Å². The second kappa shape index (κ2) is 12.5. The molecular formula is C24H30N4OS2. The van der Waals surface area contributed by atoms with Crippen molar-refractivity contribution in [3.05, 3.63) is 71.8 Å². The van der Waals surface area contributed by atoms with Gasteiger partial charge in [0.1, 0.15) is 0 Å². The summed E-state index contributed by atoms with van der Waals surface area (Å²) in [5, 5.41) is 15.7. The van der Waals surface area contributed by atoms with Crippen LogP contribution in [0.1, 0.15) is 50.3 Å². The number of aromatic nitrogens is 2. The number of hydrogen-bond acceptors (Lipinski definition) is 6. The standard InChI is InChI=1S/C24H30N4OS2/c1-3-18(2)11-10-16-25-23-27-28-24(31-23)30-17-21(29)26-22(19-12-6-4-7-13-19)20-14-8-5-9-15-20/h4-9,12-15,18,22H,3,10-11,16-17H2,1-2H3,(H,25,27)(H,26,29). The van der Waals surface area contributed by atoms with E-state index >= 15 is 0 Å². The Balaban J connectivity index is 1.50. The number of amides is 1. The molecule has 1 atom stereocenters. The third-order valence-corrected chi connectivity index (χ3v) is 7.17. The van der Waals surface area contributed by atoms with Gasteiger partial charge in [-0.2, -0.15) is 0 Å². The van der Waals surface area contributed by atoms with Crippen molar-refractivity contribution in [3.63, 3.8) is 0 Å². The summed E-state index contributed by atoms with van der Waals surface area (Å²) in [4.78, 5) is 12.7. The zero-order valence-electron chi connectivity index (χ0n) is 18.1. The first kappa shape index (κ1) is 23.3. The SMILES string of the molecule is CCC(C)CCCNc1nnc(SCC(=O)NC(c2ccccc2)c2ccccc2)s1. The third kappa shape index (κ3) is 7.67.